The Morgan fingerprint density at radius 2 is 1.46 bits per heavy atom. The van der Waals surface area contributed by atoms with Gasteiger partial charge in [-0.15, -0.1) is 0 Å². The highest BCUT2D eigenvalue weighted by Gasteiger charge is 1.94. The molecule has 0 rings (SSSR count). The molecule has 0 saturated heterocycles. The fourth-order valence-corrected chi connectivity index (χ4v) is 0.123. The lowest BCUT2D eigenvalue weighted by Crippen LogP contribution is -1.95. The zero-order valence-corrected chi connectivity index (χ0v) is 7.44. The smallest absolute Gasteiger partial charge is 0.370 e. The summed E-state index contributed by atoms with van der Waals surface area (Å²) in [6.07, 6.45) is 1.56. The van der Waals surface area contributed by atoms with Crippen LogP contribution < -0.4 is 0 Å². The molecule has 0 aliphatic heterocycles. The van der Waals surface area contributed by atoms with E-state index in [0.29, 0.717) is 5.57 Å². The Hall–Kier alpha value is -1.78. The highest BCUT2D eigenvalue weighted by molar-refractivity contribution is 5.85. The lowest BCUT2D eigenvalue weighted by Gasteiger charge is -1.84. The first-order valence-corrected chi connectivity index (χ1v) is 3.30. The van der Waals surface area contributed by atoms with Crippen LogP contribution in [0.5, 0.6) is 0 Å². The molecular weight excluding hydrogens is 176 g/mol. The third-order valence-electron chi connectivity index (χ3n) is 1.02. The third-order valence-corrected chi connectivity index (χ3v) is 1.02. The number of hydrogen-bond donors (Lipinski definition) is 3. The molecule has 0 radical (unpaired) electrons. The summed E-state index contributed by atoms with van der Waals surface area (Å²) < 4.78 is 0. The van der Waals surface area contributed by atoms with Crippen molar-refractivity contribution in [1.29, 1.82) is 0 Å². The second-order valence-corrected chi connectivity index (χ2v) is 2.03. The first kappa shape index (κ1) is 13.8. The molecule has 0 aliphatic carbocycles. The van der Waals surface area contributed by atoms with Crippen LogP contribution in [0.25, 0.3) is 0 Å². The molecule has 0 unspecified atom stereocenters. The Kier molecular flexibility index (Phi) is 7.32. The molecule has 0 heterocycles. The van der Waals surface area contributed by atoms with Gasteiger partial charge in [0.15, 0.2) is 5.76 Å². The molecule has 74 valence electrons. The van der Waals surface area contributed by atoms with Crippen molar-refractivity contribution in [2.75, 3.05) is 0 Å². The number of carboxylic acid groups (broad SMARTS) is 2. The van der Waals surface area contributed by atoms with Gasteiger partial charge in [-0.2, -0.15) is 0 Å². The van der Waals surface area contributed by atoms with Crippen LogP contribution in [0, 0.1) is 0 Å². The van der Waals surface area contributed by atoms with Gasteiger partial charge in [0.05, 0.1) is 0 Å². The average Bonchev–Trinajstić information content (AvgIpc) is 2.03. The quantitative estimate of drug-likeness (QED) is 0.446. The standard InChI is InChI=1S/C5H8O2.C3H4O3/c1-3-4(2)5(6)7;1-2(4)3(5)6/h3H,1-2H3,(H,6,7);4H,1H2,(H,5,6)/b4-3-;. The lowest BCUT2D eigenvalue weighted by atomic mass is 10.3. The van der Waals surface area contributed by atoms with Crippen LogP contribution >= 0.6 is 0 Å². The fraction of sp³-hybridized carbons (Fsp3) is 0.250. The summed E-state index contributed by atoms with van der Waals surface area (Å²) in [5, 5.41) is 23.6. The van der Waals surface area contributed by atoms with E-state index < -0.39 is 17.7 Å². The lowest BCUT2D eigenvalue weighted by molar-refractivity contribution is -0.135. The SMILES string of the molecule is C/C=C(/C)C(=O)O.C=C(O)C(=O)O. The van der Waals surface area contributed by atoms with Gasteiger partial charge in [0.2, 0.25) is 0 Å². The van der Waals surface area contributed by atoms with E-state index in [2.05, 4.69) is 6.58 Å². The summed E-state index contributed by atoms with van der Waals surface area (Å²) in [5.41, 5.74) is 0.389. The maximum Gasteiger partial charge on any atom is 0.370 e. The predicted molar refractivity (Wildman–Crippen MR) is 46.5 cm³/mol. The molecule has 13 heavy (non-hydrogen) atoms. The van der Waals surface area contributed by atoms with E-state index in [1.54, 1.807) is 19.9 Å². The Bertz CT molecular complexity index is 227. The van der Waals surface area contributed by atoms with E-state index >= 15 is 0 Å². The van der Waals surface area contributed by atoms with E-state index in [4.69, 9.17) is 15.3 Å². The largest absolute Gasteiger partial charge is 0.502 e. The van der Waals surface area contributed by atoms with Crippen molar-refractivity contribution in [3.8, 4) is 0 Å². The number of aliphatic carboxylic acids is 2. The van der Waals surface area contributed by atoms with Crippen molar-refractivity contribution in [3.05, 3.63) is 24.0 Å². The van der Waals surface area contributed by atoms with Crippen LogP contribution in [0.3, 0.4) is 0 Å². The molecule has 5 heteroatoms. The van der Waals surface area contributed by atoms with E-state index in [-0.39, 0.29) is 0 Å². The number of allylic oxidation sites excluding steroid dienone is 1. The molecular formula is C8H12O5. The molecule has 0 spiro atoms. The first-order valence-electron chi connectivity index (χ1n) is 3.30. The van der Waals surface area contributed by atoms with Crippen LogP contribution in [0.1, 0.15) is 13.8 Å². The molecule has 0 aliphatic rings. The summed E-state index contributed by atoms with van der Waals surface area (Å²) in [7, 11) is 0. The molecule has 0 aromatic heterocycles. The van der Waals surface area contributed by atoms with Crippen LogP contribution in [0.2, 0.25) is 0 Å². The number of aliphatic hydroxyl groups is 1. The molecule has 0 fully saturated rings. The van der Waals surface area contributed by atoms with Crippen LogP contribution in [0.15, 0.2) is 24.0 Å². The number of carbonyl (C=O) groups is 2. The van der Waals surface area contributed by atoms with Gasteiger partial charge >= 0.3 is 11.9 Å². The van der Waals surface area contributed by atoms with Crippen LogP contribution in [-0.2, 0) is 9.59 Å². The zero-order valence-electron chi connectivity index (χ0n) is 7.44. The Balaban J connectivity index is 0. The van der Waals surface area contributed by atoms with Crippen molar-refractivity contribution >= 4 is 11.9 Å². The Morgan fingerprint density at radius 1 is 1.15 bits per heavy atom. The van der Waals surface area contributed by atoms with Gasteiger partial charge in [-0.05, 0) is 20.4 Å². The minimum atomic E-state index is -1.38. The molecule has 5 nitrogen and oxygen atoms in total. The molecule has 0 amide bonds. The molecule has 3 N–H and O–H groups in total. The Morgan fingerprint density at radius 3 is 1.46 bits per heavy atom. The second-order valence-electron chi connectivity index (χ2n) is 2.03. The average molecular weight is 188 g/mol. The van der Waals surface area contributed by atoms with Gasteiger partial charge in [-0.1, -0.05) is 6.08 Å². The van der Waals surface area contributed by atoms with Gasteiger partial charge in [0.1, 0.15) is 0 Å². The normalized spacial score (nSPS) is 9.54. The zero-order chi connectivity index (χ0) is 11.0. The maximum absolute atomic E-state index is 9.86. The number of rotatable bonds is 2. The molecule has 0 saturated carbocycles. The highest BCUT2D eigenvalue weighted by atomic mass is 16.4. The van der Waals surface area contributed by atoms with E-state index in [0.717, 1.165) is 0 Å². The Labute approximate surface area is 75.6 Å². The van der Waals surface area contributed by atoms with Gasteiger partial charge in [0, 0.05) is 5.57 Å². The van der Waals surface area contributed by atoms with Gasteiger partial charge in [-0.3, -0.25) is 0 Å². The van der Waals surface area contributed by atoms with Crippen molar-refractivity contribution in [3.63, 3.8) is 0 Å². The summed E-state index contributed by atoms with van der Waals surface area (Å²) in [4.78, 5) is 19.2. The first-order chi connectivity index (χ1) is 5.82. The maximum atomic E-state index is 9.86. The van der Waals surface area contributed by atoms with Crippen molar-refractivity contribution in [1.82, 2.24) is 0 Å². The van der Waals surface area contributed by atoms with Crippen molar-refractivity contribution < 1.29 is 24.9 Å². The van der Waals surface area contributed by atoms with E-state index in [1.807, 2.05) is 0 Å². The fourth-order valence-electron chi connectivity index (χ4n) is 0.123. The van der Waals surface area contributed by atoms with Gasteiger partial charge in [-0.25, -0.2) is 9.59 Å². The number of aliphatic hydroxyl groups excluding tert-OH is 1. The van der Waals surface area contributed by atoms with Crippen molar-refractivity contribution in [2.24, 2.45) is 0 Å². The van der Waals surface area contributed by atoms with Crippen LogP contribution in [-0.4, -0.2) is 27.3 Å². The van der Waals surface area contributed by atoms with Gasteiger partial charge < -0.3 is 15.3 Å². The van der Waals surface area contributed by atoms with E-state index in [9.17, 15) is 9.59 Å². The second kappa shape index (κ2) is 6.90. The predicted octanol–water partition coefficient (Wildman–Crippen LogP) is 1.18. The summed E-state index contributed by atoms with van der Waals surface area (Å²) in [6.45, 7) is 5.97. The van der Waals surface area contributed by atoms with Crippen LogP contribution in [0.4, 0.5) is 0 Å². The summed E-state index contributed by atoms with van der Waals surface area (Å²) in [5.74, 6) is -3.05. The number of carboxylic acids is 2. The minimum absolute atomic E-state index is 0.389. The van der Waals surface area contributed by atoms with E-state index in [1.165, 1.54) is 0 Å². The summed E-state index contributed by atoms with van der Waals surface area (Å²) in [6, 6.07) is 0. The van der Waals surface area contributed by atoms with Gasteiger partial charge in [0.25, 0.3) is 0 Å². The molecule has 0 aromatic rings. The monoisotopic (exact) mass is 188 g/mol. The summed E-state index contributed by atoms with van der Waals surface area (Å²) >= 11 is 0. The topological polar surface area (TPSA) is 94.8 Å². The highest BCUT2D eigenvalue weighted by Crippen LogP contribution is 1.87. The molecule has 0 aromatic carbocycles. The molecule has 0 bridgehead atoms. The third kappa shape index (κ3) is 10.2. The number of hydrogen-bond acceptors (Lipinski definition) is 3. The molecule has 0 atom stereocenters. The van der Waals surface area contributed by atoms with Crippen molar-refractivity contribution in [2.45, 2.75) is 13.8 Å². The minimum Gasteiger partial charge on any atom is -0.502 e.